The van der Waals surface area contributed by atoms with Crippen LogP contribution in [0.5, 0.6) is 11.5 Å². The Balaban J connectivity index is 2.18. The number of rotatable bonds is 4. The van der Waals surface area contributed by atoms with Gasteiger partial charge < -0.3 is 15.8 Å². The van der Waals surface area contributed by atoms with Gasteiger partial charge in [0.05, 0.1) is 5.56 Å². The molecule has 0 spiro atoms. The van der Waals surface area contributed by atoms with Crippen molar-refractivity contribution in [3.05, 3.63) is 52.5 Å². The predicted molar refractivity (Wildman–Crippen MR) is 78.7 cm³/mol. The summed E-state index contributed by atoms with van der Waals surface area (Å²) in [4.78, 5) is 11.1. The minimum Gasteiger partial charge on any atom is -0.457 e. The first kappa shape index (κ1) is 13.4. The van der Waals surface area contributed by atoms with Crippen molar-refractivity contribution in [2.24, 2.45) is 5.73 Å². The molecule has 4 nitrogen and oxygen atoms in total. The third kappa shape index (κ3) is 3.26. The van der Waals surface area contributed by atoms with Crippen molar-refractivity contribution in [2.45, 2.75) is 0 Å². The average Bonchev–Trinajstić information content (AvgIpc) is 2.39. The summed E-state index contributed by atoms with van der Waals surface area (Å²) in [6.07, 6.45) is 0. The van der Waals surface area contributed by atoms with E-state index in [1.165, 1.54) is 0 Å². The molecule has 98 valence electrons. The van der Waals surface area contributed by atoms with Gasteiger partial charge in [0, 0.05) is 17.2 Å². The molecule has 5 heteroatoms. The highest BCUT2D eigenvalue weighted by Crippen LogP contribution is 2.27. The van der Waals surface area contributed by atoms with Crippen LogP contribution >= 0.6 is 15.9 Å². The van der Waals surface area contributed by atoms with Crippen LogP contribution in [0.3, 0.4) is 0 Å². The number of benzene rings is 2. The SMILES string of the molecule is CNc1ccc(Oc2ccc(C(N)=O)c(Br)c2)cc1. The van der Waals surface area contributed by atoms with Crippen molar-refractivity contribution in [3.8, 4) is 11.5 Å². The van der Waals surface area contributed by atoms with Crippen LogP contribution in [0.25, 0.3) is 0 Å². The fraction of sp³-hybridized carbons (Fsp3) is 0.0714. The number of nitrogens with two attached hydrogens (primary N) is 1. The summed E-state index contributed by atoms with van der Waals surface area (Å²) < 4.78 is 6.30. The van der Waals surface area contributed by atoms with Crippen molar-refractivity contribution in [3.63, 3.8) is 0 Å². The molecule has 0 aliphatic rings. The summed E-state index contributed by atoms with van der Waals surface area (Å²) in [6, 6.07) is 12.6. The highest BCUT2D eigenvalue weighted by atomic mass is 79.9. The van der Waals surface area contributed by atoms with Gasteiger partial charge in [-0.1, -0.05) is 0 Å². The maximum absolute atomic E-state index is 11.1. The minimum absolute atomic E-state index is 0.429. The lowest BCUT2D eigenvalue weighted by Gasteiger charge is -2.08. The third-order valence-electron chi connectivity index (χ3n) is 2.58. The predicted octanol–water partition coefficient (Wildman–Crippen LogP) is 3.38. The molecule has 0 aliphatic heterocycles. The first-order valence-electron chi connectivity index (χ1n) is 5.65. The zero-order valence-electron chi connectivity index (χ0n) is 10.3. The smallest absolute Gasteiger partial charge is 0.249 e. The summed E-state index contributed by atoms with van der Waals surface area (Å²) >= 11 is 3.29. The standard InChI is InChI=1S/C14H13BrN2O2/c1-17-9-2-4-10(5-3-9)19-11-6-7-12(14(16)18)13(15)8-11/h2-8,17H,1H3,(H2,16,18). The van der Waals surface area contributed by atoms with E-state index in [4.69, 9.17) is 10.5 Å². The molecule has 0 radical (unpaired) electrons. The van der Waals surface area contributed by atoms with Gasteiger partial charge in [0.1, 0.15) is 11.5 Å². The van der Waals surface area contributed by atoms with Crippen LogP contribution in [-0.4, -0.2) is 13.0 Å². The zero-order chi connectivity index (χ0) is 13.8. The number of amides is 1. The Bertz CT molecular complexity index is 597. The second-order valence-corrected chi connectivity index (χ2v) is 4.74. The summed E-state index contributed by atoms with van der Waals surface area (Å²) in [5.41, 5.74) is 6.67. The Labute approximate surface area is 119 Å². The molecule has 19 heavy (non-hydrogen) atoms. The van der Waals surface area contributed by atoms with Gasteiger partial charge in [-0.15, -0.1) is 0 Å². The maximum Gasteiger partial charge on any atom is 0.249 e. The summed E-state index contributed by atoms with van der Waals surface area (Å²) in [7, 11) is 1.86. The fourth-order valence-corrected chi connectivity index (χ4v) is 2.14. The van der Waals surface area contributed by atoms with Crippen LogP contribution in [0.15, 0.2) is 46.9 Å². The van der Waals surface area contributed by atoms with Crippen molar-refractivity contribution in [1.82, 2.24) is 0 Å². The van der Waals surface area contributed by atoms with E-state index in [1.807, 2.05) is 31.3 Å². The van der Waals surface area contributed by atoms with E-state index in [0.29, 0.717) is 15.8 Å². The van der Waals surface area contributed by atoms with Gasteiger partial charge in [0.25, 0.3) is 0 Å². The van der Waals surface area contributed by atoms with Gasteiger partial charge in [-0.25, -0.2) is 0 Å². The van der Waals surface area contributed by atoms with Crippen LogP contribution in [-0.2, 0) is 0 Å². The second-order valence-electron chi connectivity index (χ2n) is 3.88. The molecule has 0 bridgehead atoms. The first-order valence-corrected chi connectivity index (χ1v) is 6.44. The normalized spacial score (nSPS) is 10.0. The lowest BCUT2D eigenvalue weighted by Crippen LogP contribution is -2.11. The largest absolute Gasteiger partial charge is 0.457 e. The summed E-state index contributed by atoms with van der Waals surface area (Å²) in [6.45, 7) is 0. The van der Waals surface area contributed by atoms with Gasteiger partial charge in [0.2, 0.25) is 5.91 Å². The van der Waals surface area contributed by atoms with Crippen molar-refractivity contribution < 1.29 is 9.53 Å². The molecule has 0 aliphatic carbocycles. The zero-order valence-corrected chi connectivity index (χ0v) is 11.9. The van der Waals surface area contributed by atoms with E-state index in [2.05, 4.69) is 21.2 Å². The number of halogens is 1. The molecule has 0 fully saturated rings. The maximum atomic E-state index is 11.1. The molecule has 3 N–H and O–H groups in total. The van der Waals surface area contributed by atoms with Gasteiger partial charge >= 0.3 is 0 Å². The highest BCUT2D eigenvalue weighted by molar-refractivity contribution is 9.10. The number of ether oxygens (including phenoxy) is 1. The first-order chi connectivity index (χ1) is 9.10. The Morgan fingerprint density at radius 3 is 2.32 bits per heavy atom. The molecule has 2 aromatic rings. The molecule has 0 unspecified atom stereocenters. The van der Waals surface area contributed by atoms with E-state index < -0.39 is 5.91 Å². The van der Waals surface area contributed by atoms with Crippen LogP contribution < -0.4 is 15.8 Å². The Morgan fingerprint density at radius 1 is 1.16 bits per heavy atom. The molecule has 2 aromatic carbocycles. The number of carbonyl (C=O) groups excluding carboxylic acids is 1. The monoisotopic (exact) mass is 320 g/mol. The Morgan fingerprint density at radius 2 is 1.79 bits per heavy atom. The van der Waals surface area contributed by atoms with Gasteiger partial charge in [-0.05, 0) is 58.4 Å². The topological polar surface area (TPSA) is 64.3 Å². The molecule has 0 saturated carbocycles. The molecular formula is C14H13BrN2O2. The lowest BCUT2D eigenvalue weighted by molar-refractivity contribution is 0.0999. The van der Waals surface area contributed by atoms with E-state index >= 15 is 0 Å². The molecule has 1 amide bonds. The van der Waals surface area contributed by atoms with Crippen LogP contribution in [0, 0.1) is 0 Å². The summed E-state index contributed by atoms with van der Waals surface area (Å²) in [5, 5.41) is 3.03. The average molecular weight is 321 g/mol. The van der Waals surface area contributed by atoms with E-state index in [0.717, 1.165) is 11.4 Å². The molecule has 0 heterocycles. The number of anilines is 1. The quantitative estimate of drug-likeness (QED) is 0.907. The summed E-state index contributed by atoms with van der Waals surface area (Å²) in [5.74, 6) is 0.878. The third-order valence-corrected chi connectivity index (χ3v) is 3.24. The van der Waals surface area contributed by atoms with E-state index in [-0.39, 0.29) is 0 Å². The molecular weight excluding hydrogens is 308 g/mol. The minimum atomic E-state index is -0.475. The molecule has 0 saturated heterocycles. The van der Waals surface area contributed by atoms with Gasteiger partial charge in [0.15, 0.2) is 0 Å². The molecule has 0 atom stereocenters. The lowest BCUT2D eigenvalue weighted by atomic mass is 10.2. The van der Waals surface area contributed by atoms with Crippen molar-refractivity contribution >= 4 is 27.5 Å². The molecule has 2 rings (SSSR count). The number of hydrogen-bond acceptors (Lipinski definition) is 3. The van der Waals surface area contributed by atoms with Crippen molar-refractivity contribution in [2.75, 3.05) is 12.4 Å². The Hall–Kier alpha value is -2.01. The van der Waals surface area contributed by atoms with Gasteiger partial charge in [-0.2, -0.15) is 0 Å². The van der Waals surface area contributed by atoms with E-state index in [1.54, 1.807) is 18.2 Å². The number of nitrogens with one attached hydrogen (secondary N) is 1. The number of hydrogen-bond donors (Lipinski definition) is 2. The van der Waals surface area contributed by atoms with Crippen LogP contribution in [0.4, 0.5) is 5.69 Å². The Kier molecular flexibility index (Phi) is 4.06. The van der Waals surface area contributed by atoms with Crippen molar-refractivity contribution in [1.29, 1.82) is 0 Å². The highest BCUT2D eigenvalue weighted by Gasteiger charge is 2.07. The number of primary amides is 1. The van der Waals surface area contributed by atoms with Crippen LogP contribution in [0.1, 0.15) is 10.4 Å². The number of carbonyl (C=O) groups is 1. The van der Waals surface area contributed by atoms with Crippen LogP contribution in [0.2, 0.25) is 0 Å². The second kappa shape index (κ2) is 5.75. The fourth-order valence-electron chi connectivity index (χ4n) is 1.58. The van der Waals surface area contributed by atoms with Gasteiger partial charge in [-0.3, -0.25) is 4.79 Å². The molecule has 0 aromatic heterocycles. The van der Waals surface area contributed by atoms with E-state index in [9.17, 15) is 4.79 Å².